The summed E-state index contributed by atoms with van der Waals surface area (Å²) in [5.74, 6) is 0.905. The number of allylic oxidation sites excluding steroid dienone is 1. The summed E-state index contributed by atoms with van der Waals surface area (Å²) in [6.45, 7) is 11.4. The fraction of sp³-hybridized carbons (Fsp3) is 0.448. The molecule has 0 amide bonds. The van der Waals surface area contributed by atoms with Gasteiger partial charge in [0.25, 0.3) is 0 Å². The molecule has 0 unspecified atom stereocenters. The Labute approximate surface area is 202 Å². The van der Waals surface area contributed by atoms with Crippen molar-refractivity contribution in [1.82, 2.24) is 14.8 Å². The first-order valence-electron chi connectivity index (χ1n) is 12.7. The van der Waals surface area contributed by atoms with E-state index in [1.807, 2.05) is 0 Å². The lowest BCUT2D eigenvalue weighted by molar-refractivity contribution is 0.193. The first-order valence-corrected chi connectivity index (χ1v) is 12.7. The second kappa shape index (κ2) is 9.83. The fourth-order valence-electron chi connectivity index (χ4n) is 5.77. The Morgan fingerprint density at radius 3 is 2.74 bits per heavy atom. The summed E-state index contributed by atoms with van der Waals surface area (Å²) in [5.41, 5.74) is 6.32. The number of aromatic nitrogens is 1. The molecule has 2 aliphatic rings. The topological polar surface area (TPSA) is 31.5 Å². The maximum Gasteiger partial charge on any atom is 0.119 e. The van der Waals surface area contributed by atoms with E-state index < -0.39 is 0 Å². The van der Waals surface area contributed by atoms with Crippen LogP contribution in [0.2, 0.25) is 0 Å². The zero-order valence-electron chi connectivity index (χ0n) is 20.4. The standard InChI is InChI=1S/C29H36FN3O/c1-4-20(2)33-21(3)18-26-25-8-5-6-9-27(25)31-28(26)29(33)22-10-12-23(13-11-22)34-24-14-17-32(19-24)16-7-15-30/h5-6,8-13,21,24,29,31H,2,4,7,14-19H2,1,3H3/t21-,24-,29-/m1/s1. The van der Waals surface area contributed by atoms with Gasteiger partial charge in [-0.2, -0.15) is 0 Å². The Hall–Kier alpha value is -2.79. The van der Waals surface area contributed by atoms with Crippen LogP contribution in [0.5, 0.6) is 5.75 Å². The minimum atomic E-state index is -0.247. The molecular formula is C29H36FN3O. The van der Waals surface area contributed by atoms with Gasteiger partial charge in [-0.3, -0.25) is 9.29 Å². The number of aromatic amines is 1. The highest BCUT2D eigenvalue weighted by Crippen LogP contribution is 2.43. The maximum absolute atomic E-state index is 12.5. The predicted molar refractivity (Wildman–Crippen MR) is 137 cm³/mol. The molecule has 1 fully saturated rings. The average molecular weight is 462 g/mol. The van der Waals surface area contributed by atoms with Crippen LogP contribution in [0, 0.1) is 0 Å². The quantitative estimate of drug-likeness (QED) is 0.431. The van der Waals surface area contributed by atoms with Gasteiger partial charge in [0, 0.05) is 48.0 Å². The van der Waals surface area contributed by atoms with Crippen molar-refractivity contribution >= 4 is 10.9 Å². The SMILES string of the molecule is C=C(CC)N1[C@H](c2ccc(O[C@@H]3CCN(CCCF)C3)cc2)c2[nH]c3ccccc3c2C[C@H]1C. The summed E-state index contributed by atoms with van der Waals surface area (Å²) in [4.78, 5) is 8.54. The number of H-pyrrole nitrogens is 1. The van der Waals surface area contributed by atoms with Crippen LogP contribution in [-0.4, -0.2) is 53.2 Å². The van der Waals surface area contributed by atoms with E-state index in [4.69, 9.17) is 4.74 Å². The third-order valence-corrected chi connectivity index (χ3v) is 7.48. The number of hydrogen-bond donors (Lipinski definition) is 1. The number of rotatable bonds is 8. The number of para-hydroxylation sites is 1. The zero-order valence-corrected chi connectivity index (χ0v) is 20.4. The number of ether oxygens (including phenoxy) is 1. The van der Waals surface area contributed by atoms with Crippen LogP contribution in [0.25, 0.3) is 10.9 Å². The summed E-state index contributed by atoms with van der Waals surface area (Å²) >= 11 is 0. The Kier molecular flexibility index (Phi) is 6.64. The van der Waals surface area contributed by atoms with Gasteiger partial charge in [-0.05, 0) is 61.9 Å². The Morgan fingerprint density at radius 2 is 1.97 bits per heavy atom. The summed E-state index contributed by atoms with van der Waals surface area (Å²) < 4.78 is 18.8. The van der Waals surface area contributed by atoms with Gasteiger partial charge in [0.2, 0.25) is 0 Å². The van der Waals surface area contributed by atoms with Crippen molar-refractivity contribution in [3.8, 4) is 5.75 Å². The largest absolute Gasteiger partial charge is 0.489 e. The van der Waals surface area contributed by atoms with Gasteiger partial charge in [-0.25, -0.2) is 0 Å². The normalized spacial score (nSPS) is 22.8. The van der Waals surface area contributed by atoms with Gasteiger partial charge < -0.3 is 14.6 Å². The lowest BCUT2D eigenvalue weighted by Crippen LogP contribution is -2.41. The first-order chi connectivity index (χ1) is 16.6. The van der Waals surface area contributed by atoms with Crippen LogP contribution in [0.4, 0.5) is 4.39 Å². The molecule has 0 aliphatic carbocycles. The van der Waals surface area contributed by atoms with E-state index in [1.54, 1.807) is 0 Å². The van der Waals surface area contributed by atoms with E-state index >= 15 is 0 Å². The van der Waals surface area contributed by atoms with Gasteiger partial charge in [-0.15, -0.1) is 0 Å². The van der Waals surface area contributed by atoms with Gasteiger partial charge in [0.15, 0.2) is 0 Å². The molecule has 3 heterocycles. The molecule has 0 bridgehead atoms. The molecular weight excluding hydrogens is 425 g/mol. The van der Waals surface area contributed by atoms with E-state index in [1.165, 1.54) is 33.4 Å². The molecule has 4 nitrogen and oxygen atoms in total. The maximum atomic E-state index is 12.5. The summed E-state index contributed by atoms with van der Waals surface area (Å²) in [5, 5.41) is 1.33. The molecule has 34 heavy (non-hydrogen) atoms. The van der Waals surface area contributed by atoms with Crippen LogP contribution in [-0.2, 0) is 6.42 Å². The van der Waals surface area contributed by atoms with Crippen LogP contribution in [0.15, 0.2) is 60.8 Å². The number of nitrogens with zero attached hydrogens (tertiary/aromatic N) is 2. The molecule has 180 valence electrons. The van der Waals surface area contributed by atoms with Crippen LogP contribution in [0.3, 0.4) is 0 Å². The van der Waals surface area contributed by atoms with Crippen molar-refractivity contribution < 1.29 is 9.13 Å². The smallest absolute Gasteiger partial charge is 0.119 e. The summed E-state index contributed by atoms with van der Waals surface area (Å²) in [6, 6.07) is 17.7. The summed E-state index contributed by atoms with van der Waals surface area (Å²) in [7, 11) is 0. The number of fused-ring (bicyclic) bond motifs is 3. The summed E-state index contributed by atoms with van der Waals surface area (Å²) in [6.07, 6.45) is 3.72. The fourth-order valence-corrected chi connectivity index (χ4v) is 5.77. The Morgan fingerprint density at radius 1 is 1.18 bits per heavy atom. The number of alkyl halides is 1. The Balaban J connectivity index is 1.41. The predicted octanol–water partition coefficient (Wildman–Crippen LogP) is 6.24. The highest BCUT2D eigenvalue weighted by Gasteiger charge is 2.36. The van der Waals surface area contributed by atoms with E-state index in [-0.39, 0.29) is 18.8 Å². The van der Waals surface area contributed by atoms with Crippen LogP contribution in [0.1, 0.15) is 56.0 Å². The van der Waals surface area contributed by atoms with Gasteiger partial charge >= 0.3 is 0 Å². The molecule has 5 heteroatoms. The third-order valence-electron chi connectivity index (χ3n) is 7.48. The van der Waals surface area contributed by atoms with Gasteiger partial charge in [-0.1, -0.05) is 43.8 Å². The highest BCUT2D eigenvalue weighted by atomic mass is 19.1. The van der Waals surface area contributed by atoms with E-state index in [0.29, 0.717) is 12.5 Å². The van der Waals surface area contributed by atoms with Crippen molar-refractivity contribution in [3.63, 3.8) is 0 Å². The molecule has 1 aromatic heterocycles. The lowest BCUT2D eigenvalue weighted by atomic mass is 9.88. The number of benzene rings is 2. The van der Waals surface area contributed by atoms with Crippen LogP contribution < -0.4 is 4.74 Å². The molecule has 1 N–H and O–H groups in total. The van der Waals surface area contributed by atoms with E-state index in [0.717, 1.165) is 44.6 Å². The van der Waals surface area contributed by atoms with Crippen molar-refractivity contribution in [2.24, 2.45) is 0 Å². The number of likely N-dealkylation sites (tertiary alicyclic amines) is 1. The second-order valence-electron chi connectivity index (χ2n) is 9.79. The van der Waals surface area contributed by atoms with E-state index in [2.05, 4.69) is 83.7 Å². The third kappa shape index (κ3) is 4.34. The van der Waals surface area contributed by atoms with Gasteiger partial charge in [0.05, 0.1) is 12.7 Å². The molecule has 0 radical (unpaired) electrons. The van der Waals surface area contributed by atoms with Crippen molar-refractivity contribution in [3.05, 3.63) is 77.6 Å². The molecule has 0 spiro atoms. The first kappa shape index (κ1) is 23.0. The number of halogens is 1. The Bertz CT molecular complexity index is 1140. The van der Waals surface area contributed by atoms with Crippen molar-refractivity contribution in [2.45, 2.75) is 57.7 Å². The zero-order chi connectivity index (χ0) is 23.7. The highest BCUT2D eigenvalue weighted by molar-refractivity contribution is 5.85. The average Bonchev–Trinajstić information content (AvgIpc) is 3.46. The van der Waals surface area contributed by atoms with E-state index in [9.17, 15) is 4.39 Å². The van der Waals surface area contributed by atoms with Crippen molar-refractivity contribution in [2.75, 3.05) is 26.3 Å². The molecule has 2 aromatic carbocycles. The monoisotopic (exact) mass is 461 g/mol. The molecule has 5 rings (SSSR count). The lowest BCUT2D eigenvalue weighted by Gasteiger charge is -2.43. The number of hydrogen-bond acceptors (Lipinski definition) is 3. The molecule has 3 aromatic rings. The minimum Gasteiger partial charge on any atom is -0.489 e. The number of nitrogens with one attached hydrogen (secondary N) is 1. The van der Waals surface area contributed by atoms with Gasteiger partial charge in [0.1, 0.15) is 11.9 Å². The van der Waals surface area contributed by atoms with Crippen LogP contribution >= 0.6 is 0 Å². The molecule has 3 atom stereocenters. The van der Waals surface area contributed by atoms with Crippen molar-refractivity contribution in [1.29, 1.82) is 0 Å². The minimum absolute atomic E-state index is 0.107. The molecule has 0 saturated carbocycles. The molecule has 1 saturated heterocycles. The molecule has 2 aliphatic heterocycles. The second-order valence-corrected chi connectivity index (χ2v) is 9.79.